The summed E-state index contributed by atoms with van der Waals surface area (Å²) in [4.78, 5) is 16.1. The van der Waals surface area contributed by atoms with Gasteiger partial charge in [0.25, 0.3) is 5.91 Å². The highest BCUT2D eigenvalue weighted by molar-refractivity contribution is 5.91. The molecule has 0 bridgehead atoms. The zero-order valence-corrected chi connectivity index (χ0v) is 10.9. The Hall–Kier alpha value is -1.90. The molecule has 0 aromatic carbocycles. The Bertz CT molecular complexity index is 480. The van der Waals surface area contributed by atoms with Gasteiger partial charge >= 0.3 is 0 Å². The molecule has 100 valence electrons. The number of pyridine rings is 1. The molecule has 1 saturated heterocycles. The zero-order chi connectivity index (χ0) is 13.5. The molecule has 0 saturated carbocycles. The van der Waals surface area contributed by atoms with Crippen LogP contribution >= 0.6 is 0 Å². The number of amides is 1. The molecular formula is C14H18N4O. The van der Waals surface area contributed by atoms with Crippen molar-refractivity contribution >= 4 is 5.91 Å². The first-order valence-corrected chi connectivity index (χ1v) is 6.50. The number of piperidine rings is 1. The first-order chi connectivity index (χ1) is 9.29. The predicted octanol–water partition coefficient (Wildman–Crippen LogP) is 0.522. The Morgan fingerprint density at radius 3 is 2.79 bits per heavy atom. The number of rotatable bonds is 2. The summed E-state index contributed by atoms with van der Waals surface area (Å²) < 4.78 is 0. The van der Waals surface area contributed by atoms with Gasteiger partial charge in [-0.25, -0.2) is 9.99 Å². The number of nitrogens with two attached hydrogens (primary N) is 1. The van der Waals surface area contributed by atoms with Crippen molar-refractivity contribution < 1.29 is 4.79 Å². The minimum absolute atomic E-state index is 0.166. The Morgan fingerprint density at radius 1 is 1.37 bits per heavy atom. The molecule has 0 radical (unpaired) electrons. The van der Waals surface area contributed by atoms with Crippen molar-refractivity contribution in [1.82, 2.24) is 15.4 Å². The van der Waals surface area contributed by atoms with Crippen molar-refractivity contribution in [3.05, 3.63) is 29.6 Å². The summed E-state index contributed by atoms with van der Waals surface area (Å²) in [5, 5.41) is 1.95. The van der Waals surface area contributed by atoms with Crippen molar-refractivity contribution in [2.24, 2.45) is 5.73 Å². The molecule has 1 aliphatic heterocycles. The summed E-state index contributed by atoms with van der Waals surface area (Å²) in [7, 11) is 0. The van der Waals surface area contributed by atoms with E-state index in [-0.39, 0.29) is 5.91 Å². The highest BCUT2D eigenvalue weighted by Crippen LogP contribution is 2.06. The zero-order valence-electron chi connectivity index (χ0n) is 10.9. The van der Waals surface area contributed by atoms with Gasteiger partial charge in [-0.15, -0.1) is 0 Å². The molecule has 1 fully saturated rings. The number of hydrogen-bond acceptors (Lipinski definition) is 4. The van der Waals surface area contributed by atoms with Crippen LogP contribution in [-0.2, 0) is 0 Å². The normalized spacial score (nSPS) is 15.4. The molecule has 0 atom stereocenters. The third-order valence-corrected chi connectivity index (χ3v) is 2.95. The molecule has 5 nitrogen and oxygen atoms in total. The van der Waals surface area contributed by atoms with Crippen LogP contribution in [0.2, 0.25) is 0 Å². The van der Waals surface area contributed by atoms with Gasteiger partial charge in [-0.2, -0.15) is 0 Å². The lowest BCUT2D eigenvalue weighted by Crippen LogP contribution is -2.45. The van der Waals surface area contributed by atoms with Crippen molar-refractivity contribution in [3.8, 4) is 11.8 Å². The molecule has 1 aromatic heterocycles. The van der Waals surface area contributed by atoms with Crippen LogP contribution in [-0.4, -0.2) is 35.5 Å². The minimum atomic E-state index is -0.166. The quantitative estimate of drug-likeness (QED) is 0.759. The van der Waals surface area contributed by atoms with E-state index in [4.69, 9.17) is 5.73 Å². The number of carbonyl (C=O) groups is 1. The average molecular weight is 258 g/mol. The summed E-state index contributed by atoms with van der Waals surface area (Å²) in [5.41, 5.74) is 9.34. The van der Waals surface area contributed by atoms with Crippen LogP contribution in [0.5, 0.6) is 0 Å². The maximum Gasteiger partial charge on any atom is 0.284 e. The molecule has 0 spiro atoms. The molecule has 0 unspecified atom stereocenters. The molecule has 5 heteroatoms. The fraction of sp³-hybridized carbons (Fsp3) is 0.429. The lowest BCUT2D eigenvalue weighted by molar-refractivity contribution is 0.0745. The number of hydrazine groups is 1. The first-order valence-electron chi connectivity index (χ1n) is 6.50. The van der Waals surface area contributed by atoms with E-state index in [0.29, 0.717) is 12.2 Å². The summed E-state index contributed by atoms with van der Waals surface area (Å²) in [6.07, 6.45) is 5.08. The second-order valence-corrected chi connectivity index (χ2v) is 4.43. The summed E-state index contributed by atoms with van der Waals surface area (Å²) in [6.45, 7) is 2.13. The smallest absolute Gasteiger partial charge is 0.284 e. The second kappa shape index (κ2) is 6.88. The van der Waals surface area contributed by atoms with Gasteiger partial charge in [-0.1, -0.05) is 18.3 Å². The van der Waals surface area contributed by atoms with Gasteiger partial charge in [-0.3, -0.25) is 10.2 Å². The van der Waals surface area contributed by atoms with Gasteiger partial charge in [0, 0.05) is 24.8 Å². The van der Waals surface area contributed by atoms with E-state index in [1.54, 1.807) is 18.3 Å². The standard InChI is InChI=1S/C14H18N4O/c15-8-4-5-12-6-7-13(16-11-12)14(19)17-18-9-2-1-3-10-18/h6-7,11H,1-3,8-10,15H2,(H,17,19). The molecule has 0 aliphatic carbocycles. The van der Waals surface area contributed by atoms with Gasteiger partial charge in [-0.05, 0) is 25.0 Å². The fourth-order valence-corrected chi connectivity index (χ4v) is 1.96. The van der Waals surface area contributed by atoms with E-state index in [1.807, 2.05) is 5.01 Å². The molecular weight excluding hydrogens is 240 g/mol. The average Bonchev–Trinajstić information content (AvgIpc) is 2.46. The molecule has 19 heavy (non-hydrogen) atoms. The number of nitrogens with one attached hydrogen (secondary N) is 1. The molecule has 1 amide bonds. The molecule has 1 aliphatic rings. The largest absolute Gasteiger partial charge is 0.320 e. The highest BCUT2D eigenvalue weighted by atomic mass is 16.2. The molecule has 2 heterocycles. The number of nitrogens with zero attached hydrogens (tertiary/aromatic N) is 2. The predicted molar refractivity (Wildman–Crippen MR) is 73.1 cm³/mol. The van der Waals surface area contributed by atoms with Crippen LogP contribution in [0.25, 0.3) is 0 Å². The SMILES string of the molecule is NCC#Cc1ccc(C(=O)NN2CCCCC2)nc1. The Labute approximate surface area is 113 Å². The van der Waals surface area contributed by atoms with Gasteiger partial charge in [0.2, 0.25) is 0 Å². The van der Waals surface area contributed by atoms with Crippen LogP contribution < -0.4 is 11.2 Å². The fourth-order valence-electron chi connectivity index (χ4n) is 1.96. The summed E-state index contributed by atoms with van der Waals surface area (Å²) in [5.74, 6) is 5.45. The van der Waals surface area contributed by atoms with Gasteiger partial charge in [0.05, 0.1) is 6.54 Å². The van der Waals surface area contributed by atoms with E-state index < -0.39 is 0 Å². The van der Waals surface area contributed by atoms with Crippen LogP contribution in [0.1, 0.15) is 35.3 Å². The van der Waals surface area contributed by atoms with Gasteiger partial charge in [0.15, 0.2) is 0 Å². The Balaban J connectivity index is 1.95. The van der Waals surface area contributed by atoms with Crippen LogP contribution in [0.4, 0.5) is 0 Å². The Kier molecular flexibility index (Phi) is 4.90. The van der Waals surface area contributed by atoms with Crippen molar-refractivity contribution in [1.29, 1.82) is 0 Å². The first kappa shape index (κ1) is 13.5. The van der Waals surface area contributed by atoms with Crippen LogP contribution in [0.3, 0.4) is 0 Å². The summed E-state index contributed by atoms with van der Waals surface area (Å²) >= 11 is 0. The van der Waals surface area contributed by atoms with Gasteiger partial charge < -0.3 is 5.73 Å². The van der Waals surface area contributed by atoms with E-state index in [9.17, 15) is 4.79 Å². The monoisotopic (exact) mass is 258 g/mol. The highest BCUT2D eigenvalue weighted by Gasteiger charge is 2.14. The molecule has 2 rings (SSSR count). The Morgan fingerprint density at radius 2 is 2.16 bits per heavy atom. The van der Waals surface area contributed by atoms with E-state index in [0.717, 1.165) is 31.5 Å². The van der Waals surface area contributed by atoms with Crippen LogP contribution in [0, 0.1) is 11.8 Å². The third kappa shape index (κ3) is 4.05. The third-order valence-electron chi connectivity index (χ3n) is 2.95. The van der Waals surface area contributed by atoms with Crippen molar-refractivity contribution in [2.75, 3.05) is 19.6 Å². The molecule has 3 N–H and O–H groups in total. The lowest BCUT2D eigenvalue weighted by Gasteiger charge is -2.26. The maximum atomic E-state index is 12.0. The lowest BCUT2D eigenvalue weighted by atomic mass is 10.2. The second-order valence-electron chi connectivity index (χ2n) is 4.43. The van der Waals surface area contributed by atoms with E-state index >= 15 is 0 Å². The maximum absolute atomic E-state index is 12.0. The van der Waals surface area contributed by atoms with Crippen molar-refractivity contribution in [2.45, 2.75) is 19.3 Å². The number of aromatic nitrogens is 1. The minimum Gasteiger partial charge on any atom is -0.320 e. The van der Waals surface area contributed by atoms with Crippen molar-refractivity contribution in [3.63, 3.8) is 0 Å². The molecule has 1 aromatic rings. The number of carbonyl (C=O) groups excluding carboxylic acids is 1. The van der Waals surface area contributed by atoms with E-state index in [2.05, 4.69) is 22.3 Å². The topological polar surface area (TPSA) is 71.2 Å². The summed E-state index contributed by atoms with van der Waals surface area (Å²) in [6, 6.07) is 3.46. The van der Waals surface area contributed by atoms with E-state index in [1.165, 1.54) is 6.42 Å². The number of hydrogen-bond donors (Lipinski definition) is 2. The van der Waals surface area contributed by atoms with Gasteiger partial charge in [0.1, 0.15) is 5.69 Å². The van der Waals surface area contributed by atoms with Crippen LogP contribution in [0.15, 0.2) is 18.3 Å².